The predicted molar refractivity (Wildman–Crippen MR) is 131 cm³/mol. The second-order valence-corrected chi connectivity index (χ2v) is 6.90. The lowest BCUT2D eigenvalue weighted by molar-refractivity contribution is 0.295. The van der Waals surface area contributed by atoms with Crippen molar-refractivity contribution in [3.8, 4) is 11.5 Å². The maximum absolute atomic E-state index is 6.22. The zero-order valence-electron chi connectivity index (χ0n) is 17.5. The van der Waals surface area contributed by atoms with Crippen LogP contribution in [0, 0.1) is 0 Å². The Hall–Kier alpha value is -1.71. The summed E-state index contributed by atoms with van der Waals surface area (Å²) in [5.41, 5.74) is 2.15. The van der Waals surface area contributed by atoms with Gasteiger partial charge in [-0.25, -0.2) is 0 Å². The highest BCUT2D eigenvalue weighted by atomic mass is 127. The number of nitrogens with zero attached hydrogens (tertiary/aromatic N) is 2. The van der Waals surface area contributed by atoms with Gasteiger partial charge in [-0.05, 0) is 43.4 Å². The van der Waals surface area contributed by atoms with Crippen molar-refractivity contribution < 1.29 is 9.47 Å². The van der Waals surface area contributed by atoms with E-state index >= 15 is 0 Å². The monoisotopic (exact) mass is 532 g/mol. The third-order valence-electron chi connectivity index (χ3n) is 4.51. The van der Waals surface area contributed by atoms with Crippen molar-refractivity contribution in [1.82, 2.24) is 15.5 Å². The quantitative estimate of drug-likeness (QED) is 0.306. The highest BCUT2D eigenvalue weighted by molar-refractivity contribution is 14.0. The Balaban J connectivity index is 0.00000420. The summed E-state index contributed by atoms with van der Waals surface area (Å²) in [7, 11) is 9.12. The molecule has 160 valence electrons. The number of rotatable bonds is 8. The van der Waals surface area contributed by atoms with Gasteiger partial charge < -0.3 is 25.0 Å². The molecule has 0 aliphatic heterocycles. The molecule has 2 aromatic carbocycles. The highest BCUT2D eigenvalue weighted by Crippen LogP contribution is 2.31. The van der Waals surface area contributed by atoms with E-state index in [-0.39, 0.29) is 30.0 Å². The van der Waals surface area contributed by atoms with Crippen LogP contribution in [0.1, 0.15) is 17.2 Å². The fourth-order valence-corrected chi connectivity index (χ4v) is 3.10. The van der Waals surface area contributed by atoms with Crippen LogP contribution in [0.3, 0.4) is 0 Å². The van der Waals surface area contributed by atoms with E-state index in [0.717, 1.165) is 16.1 Å². The van der Waals surface area contributed by atoms with Gasteiger partial charge in [0, 0.05) is 25.2 Å². The van der Waals surface area contributed by atoms with E-state index in [0.29, 0.717) is 30.5 Å². The second kappa shape index (κ2) is 12.8. The first-order valence-corrected chi connectivity index (χ1v) is 9.44. The summed E-state index contributed by atoms with van der Waals surface area (Å²) < 4.78 is 10.8. The molecule has 0 saturated carbocycles. The van der Waals surface area contributed by atoms with E-state index < -0.39 is 0 Å². The minimum atomic E-state index is 0. The first-order chi connectivity index (χ1) is 13.5. The molecule has 1 unspecified atom stereocenters. The lowest BCUT2D eigenvalue weighted by atomic mass is 10.1. The van der Waals surface area contributed by atoms with E-state index in [4.69, 9.17) is 21.1 Å². The van der Waals surface area contributed by atoms with Crippen LogP contribution in [-0.2, 0) is 6.54 Å². The van der Waals surface area contributed by atoms with Gasteiger partial charge in [0.25, 0.3) is 0 Å². The number of aliphatic imine (C=N–C) groups is 1. The van der Waals surface area contributed by atoms with Gasteiger partial charge in [-0.1, -0.05) is 35.9 Å². The first-order valence-electron chi connectivity index (χ1n) is 9.06. The van der Waals surface area contributed by atoms with Gasteiger partial charge >= 0.3 is 0 Å². The van der Waals surface area contributed by atoms with E-state index in [1.165, 1.54) is 0 Å². The summed E-state index contributed by atoms with van der Waals surface area (Å²) >= 11 is 6.22. The van der Waals surface area contributed by atoms with Crippen molar-refractivity contribution in [2.45, 2.75) is 12.6 Å². The number of methoxy groups -OCH3 is 2. The molecule has 0 aliphatic rings. The fourth-order valence-electron chi connectivity index (χ4n) is 2.89. The zero-order valence-corrected chi connectivity index (χ0v) is 20.6. The first kappa shape index (κ1) is 25.3. The Morgan fingerprint density at radius 3 is 2.34 bits per heavy atom. The molecule has 2 N–H and O–H groups in total. The minimum absolute atomic E-state index is 0. The Morgan fingerprint density at radius 2 is 1.76 bits per heavy atom. The number of hydrogen-bond donors (Lipinski definition) is 2. The molecule has 0 spiro atoms. The summed E-state index contributed by atoms with van der Waals surface area (Å²) in [6, 6.07) is 13.9. The lowest BCUT2D eigenvalue weighted by Gasteiger charge is -2.26. The standard InChI is InChI=1S/C21H29ClN4O2.HI/c1-23-21(24-13-16-8-6-7-9-17(16)22)25-14-18(26(2)3)15-10-11-19(27-4)20(12-15)28-5;/h6-12,18H,13-14H2,1-5H3,(H2,23,24,25);1H. The average Bonchev–Trinajstić information content (AvgIpc) is 2.71. The molecule has 0 radical (unpaired) electrons. The van der Waals surface area contributed by atoms with Gasteiger partial charge in [0.05, 0.1) is 20.3 Å². The molecule has 0 heterocycles. The van der Waals surface area contributed by atoms with Crippen LogP contribution in [0.4, 0.5) is 0 Å². The summed E-state index contributed by atoms with van der Waals surface area (Å²) in [5, 5.41) is 7.43. The number of hydrogen-bond acceptors (Lipinski definition) is 4. The molecule has 1 atom stereocenters. The number of nitrogens with one attached hydrogen (secondary N) is 2. The van der Waals surface area contributed by atoms with Gasteiger partial charge in [-0.2, -0.15) is 0 Å². The number of ether oxygens (including phenoxy) is 2. The molecular formula is C21H30ClIN4O2. The van der Waals surface area contributed by atoms with Crippen molar-refractivity contribution in [3.63, 3.8) is 0 Å². The largest absolute Gasteiger partial charge is 0.493 e. The van der Waals surface area contributed by atoms with Gasteiger partial charge in [0.2, 0.25) is 0 Å². The molecule has 2 rings (SSSR count). The number of likely N-dealkylation sites (N-methyl/N-ethyl adjacent to an activating group) is 1. The van der Waals surface area contributed by atoms with E-state index in [2.05, 4.69) is 20.5 Å². The minimum Gasteiger partial charge on any atom is -0.493 e. The van der Waals surface area contributed by atoms with Gasteiger partial charge in [0.15, 0.2) is 17.5 Å². The summed E-state index contributed by atoms with van der Waals surface area (Å²) in [6.45, 7) is 1.27. The number of guanidine groups is 1. The molecule has 0 aromatic heterocycles. The van der Waals surface area contributed by atoms with E-state index in [9.17, 15) is 0 Å². The average molecular weight is 533 g/mol. The van der Waals surface area contributed by atoms with Crippen LogP contribution in [0.5, 0.6) is 11.5 Å². The molecule has 0 fully saturated rings. The van der Waals surface area contributed by atoms with Crippen LogP contribution < -0.4 is 20.1 Å². The summed E-state index contributed by atoms with van der Waals surface area (Å²) in [4.78, 5) is 6.46. The Morgan fingerprint density at radius 1 is 1.07 bits per heavy atom. The van der Waals surface area contributed by atoms with Gasteiger partial charge in [-0.15, -0.1) is 24.0 Å². The van der Waals surface area contributed by atoms with Crippen molar-refractivity contribution in [2.75, 3.05) is 41.9 Å². The van der Waals surface area contributed by atoms with Crippen molar-refractivity contribution in [1.29, 1.82) is 0 Å². The van der Waals surface area contributed by atoms with E-state index in [1.54, 1.807) is 21.3 Å². The summed E-state index contributed by atoms with van der Waals surface area (Å²) in [5.74, 6) is 2.15. The maximum Gasteiger partial charge on any atom is 0.191 e. The Bertz CT molecular complexity index is 802. The summed E-state index contributed by atoms with van der Waals surface area (Å²) in [6.07, 6.45) is 0. The number of benzene rings is 2. The maximum atomic E-state index is 6.22. The molecule has 0 amide bonds. The van der Waals surface area contributed by atoms with Crippen LogP contribution in [0.15, 0.2) is 47.5 Å². The third-order valence-corrected chi connectivity index (χ3v) is 4.88. The predicted octanol–water partition coefficient (Wildman–Crippen LogP) is 3.94. The number of halogens is 2. The normalized spacial score (nSPS) is 12.2. The van der Waals surface area contributed by atoms with Crippen LogP contribution in [0.2, 0.25) is 5.02 Å². The van der Waals surface area contributed by atoms with Crippen LogP contribution >= 0.6 is 35.6 Å². The molecule has 6 nitrogen and oxygen atoms in total. The molecule has 0 bridgehead atoms. The third kappa shape index (κ3) is 7.24. The molecule has 2 aromatic rings. The zero-order chi connectivity index (χ0) is 20.5. The van der Waals surface area contributed by atoms with Gasteiger partial charge in [-0.3, -0.25) is 4.99 Å². The van der Waals surface area contributed by atoms with Crippen LogP contribution in [0.25, 0.3) is 0 Å². The Labute approximate surface area is 195 Å². The smallest absolute Gasteiger partial charge is 0.191 e. The topological polar surface area (TPSA) is 58.1 Å². The lowest BCUT2D eigenvalue weighted by Crippen LogP contribution is -2.41. The van der Waals surface area contributed by atoms with Crippen molar-refractivity contribution >= 4 is 41.5 Å². The second-order valence-electron chi connectivity index (χ2n) is 6.49. The highest BCUT2D eigenvalue weighted by Gasteiger charge is 2.17. The molecule has 8 heteroatoms. The molecule has 29 heavy (non-hydrogen) atoms. The molecule has 0 saturated heterocycles. The van der Waals surface area contributed by atoms with E-state index in [1.807, 2.05) is 56.6 Å². The fraction of sp³-hybridized carbons (Fsp3) is 0.381. The SMILES string of the molecule is CN=C(NCc1ccccc1Cl)NCC(c1ccc(OC)c(OC)c1)N(C)C.I. The molecule has 0 aliphatic carbocycles. The van der Waals surface area contributed by atoms with Crippen molar-refractivity contribution in [2.24, 2.45) is 4.99 Å². The van der Waals surface area contributed by atoms with Crippen molar-refractivity contribution in [3.05, 3.63) is 58.6 Å². The van der Waals surface area contributed by atoms with Crippen LogP contribution in [-0.4, -0.2) is 52.8 Å². The Kier molecular flexibility index (Phi) is 11.2. The van der Waals surface area contributed by atoms with Gasteiger partial charge in [0.1, 0.15) is 0 Å². The molecular weight excluding hydrogens is 503 g/mol.